The van der Waals surface area contributed by atoms with Crippen molar-refractivity contribution in [3.63, 3.8) is 0 Å². The summed E-state index contributed by atoms with van der Waals surface area (Å²) in [5.41, 5.74) is 7.33. The van der Waals surface area contributed by atoms with Gasteiger partial charge in [-0.15, -0.1) is 0 Å². The summed E-state index contributed by atoms with van der Waals surface area (Å²) in [6.45, 7) is 2.12. The van der Waals surface area contributed by atoms with Crippen molar-refractivity contribution in [1.29, 1.82) is 0 Å². The molecule has 4 atom stereocenters. The van der Waals surface area contributed by atoms with E-state index < -0.39 is 0 Å². The van der Waals surface area contributed by atoms with Gasteiger partial charge in [0.15, 0.2) is 0 Å². The van der Waals surface area contributed by atoms with Gasteiger partial charge in [-0.25, -0.2) is 0 Å². The monoisotopic (exact) mass is 245 g/mol. The molecule has 3 unspecified atom stereocenters. The number of nitrogens with two attached hydrogens (primary N) is 1. The molecule has 0 aromatic heterocycles. The van der Waals surface area contributed by atoms with Gasteiger partial charge in [0.2, 0.25) is 0 Å². The Hall–Kier alpha value is -1.02. The number of ether oxygens (including phenoxy) is 1. The molecule has 0 spiro atoms. The summed E-state index contributed by atoms with van der Waals surface area (Å²) in [5, 5.41) is 0. The third-order valence-corrected chi connectivity index (χ3v) is 4.71. The Morgan fingerprint density at radius 1 is 1.28 bits per heavy atom. The van der Waals surface area contributed by atoms with Crippen LogP contribution in [0.2, 0.25) is 0 Å². The van der Waals surface area contributed by atoms with Gasteiger partial charge < -0.3 is 10.5 Å². The van der Waals surface area contributed by atoms with Crippen molar-refractivity contribution in [3.8, 4) is 5.75 Å². The zero-order valence-electron chi connectivity index (χ0n) is 11.1. The average molecular weight is 245 g/mol. The quantitative estimate of drug-likeness (QED) is 0.878. The number of benzene rings is 1. The van der Waals surface area contributed by atoms with Gasteiger partial charge in [0.05, 0.1) is 0 Å². The van der Waals surface area contributed by atoms with Crippen LogP contribution in [-0.2, 0) is 0 Å². The van der Waals surface area contributed by atoms with Crippen molar-refractivity contribution in [2.75, 3.05) is 0 Å². The van der Waals surface area contributed by atoms with E-state index in [4.69, 9.17) is 10.5 Å². The molecule has 0 saturated heterocycles. The number of fused-ring (bicyclic) bond motifs is 2. The molecule has 2 aliphatic carbocycles. The second-order valence-corrected chi connectivity index (χ2v) is 5.88. The fourth-order valence-electron chi connectivity index (χ4n) is 3.61. The summed E-state index contributed by atoms with van der Waals surface area (Å²) in [5.74, 6) is 2.73. The summed E-state index contributed by atoms with van der Waals surface area (Å²) in [6.07, 6.45) is 6.80. The van der Waals surface area contributed by atoms with Crippen LogP contribution in [0, 0.1) is 11.8 Å². The lowest BCUT2D eigenvalue weighted by Gasteiger charge is -2.25. The highest BCUT2D eigenvalue weighted by Gasteiger charge is 2.41. The van der Waals surface area contributed by atoms with Crippen LogP contribution in [0.3, 0.4) is 0 Å². The van der Waals surface area contributed by atoms with E-state index in [0.29, 0.717) is 6.10 Å². The fourth-order valence-corrected chi connectivity index (χ4v) is 3.61. The number of para-hydroxylation sites is 1. The van der Waals surface area contributed by atoms with Crippen LogP contribution in [0.5, 0.6) is 5.75 Å². The van der Waals surface area contributed by atoms with Crippen molar-refractivity contribution in [2.24, 2.45) is 17.6 Å². The molecule has 0 heterocycles. The minimum absolute atomic E-state index is 0.0970. The molecule has 1 aromatic rings. The molecular formula is C16H23NO. The standard InChI is InChI=1S/C16H23NO/c1-2-14(17)13-5-3-4-6-15(13)18-16-10-11-7-8-12(16)9-11/h3-6,11-12,14,16H,2,7-10,17H2,1H3/t11?,12?,14-,16?/m1/s1. The molecule has 18 heavy (non-hydrogen) atoms. The molecule has 2 saturated carbocycles. The number of rotatable bonds is 4. The molecule has 0 amide bonds. The maximum atomic E-state index is 6.28. The zero-order chi connectivity index (χ0) is 12.5. The normalized spacial score (nSPS) is 31.6. The molecule has 1 aromatic carbocycles. The SMILES string of the molecule is CC[C@@H](N)c1ccccc1OC1CC2CCC1C2. The average Bonchev–Trinajstić information content (AvgIpc) is 3.01. The first-order valence-corrected chi connectivity index (χ1v) is 7.29. The second-order valence-electron chi connectivity index (χ2n) is 5.88. The molecule has 98 valence electrons. The summed E-state index contributed by atoms with van der Waals surface area (Å²) in [4.78, 5) is 0. The van der Waals surface area contributed by atoms with Gasteiger partial charge in [-0.2, -0.15) is 0 Å². The lowest BCUT2D eigenvalue weighted by molar-refractivity contribution is 0.136. The third-order valence-electron chi connectivity index (χ3n) is 4.71. The van der Waals surface area contributed by atoms with Crippen LogP contribution in [0.4, 0.5) is 0 Å². The van der Waals surface area contributed by atoms with Crippen LogP contribution in [-0.4, -0.2) is 6.10 Å². The first kappa shape index (κ1) is 12.0. The predicted octanol–water partition coefficient (Wildman–Crippen LogP) is 3.66. The van der Waals surface area contributed by atoms with Crippen LogP contribution in [0.15, 0.2) is 24.3 Å². The van der Waals surface area contributed by atoms with Crippen LogP contribution >= 0.6 is 0 Å². The number of hydrogen-bond donors (Lipinski definition) is 1. The first-order chi connectivity index (χ1) is 8.78. The van der Waals surface area contributed by atoms with E-state index in [0.717, 1.165) is 24.0 Å². The van der Waals surface area contributed by atoms with E-state index in [1.54, 1.807) is 0 Å². The molecule has 2 aliphatic rings. The van der Waals surface area contributed by atoms with Crippen molar-refractivity contribution >= 4 is 0 Å². The summed E-state index contributed by atoms with van der Waals surface area (Å²) >= 11 is 0. The minimum Gasteiger partial charge on any atom is -0.490 e. The van der Waals surface area contributed by atoms with E-state index in [-0.39, 0.29) is 6.04 Å². The van der Waals surface area contributed by atoms with Gasteiger partial charge in [0, 0.05) is 11.6 Å². The molecule has 2 fully saturated rings. The van der Waals surface area contributed by atoms with Crippen LogP contribution < -0.4 is 10.5 Å². The van der Waals surface area contributed by atoms with Gasteiger partial charge >= 0.3 is 0 Å². The Bertz CT molecular complexity index is 417. The van der Waals surface area contributed by atoms with Crippen molar-refractivity contribution in [1.82, 2.24) is 0 Å². The van der Waals surface area contributed by atoms with E-state index in [1.165, 1.54) is 31.2 Å². The molecular weight excluding hydrogens is 222 g/mol. The fraction of sp³-hybridized carbons (Fsp3) is 0.625. The molecule has 0 aliphatic heterocycles. The van der Waals surface area contributed by atoms with Crippen LogP contribution in [0.25, 0.3) is 0 Å². The second kappa shape index (κ2) is 4.93. The van der Waals surface area contributed by atoms with Gasteiger partial charge in [0.1, 0.15) is 11.9 Å². The van der Waals surface area contributed by atoms with Crippen molar-refractivity contribution in [3.05, 3.63) is 29.8 Å². The lowest BCUT2D eigenvalue weighted by atomic mass is 9.97. The molecule has 2 nitrogen and oxygen atoms in total. The largest absolute Gasteiger partial charge is 0.490 e. The Labute approximate surface area is 110 Å². The highest BCUT2D eigenvalue weighted by atomic mass is 16.5. The van der Waals surface area contributed by atoms with Crippen molar-refractivity contribution < 1.29 is 4.74 Å². The molecule has 2 heteroatoms. The maximum absolute atomic E-state index is 6.28. The van der Waals surface area contributed by atoms with E-state index >= 15 is 0 Å². The Balaban J connectivity index is 1.76. The minimum atomic E-state index is 0.0970. The van der Waals surface area contributed by atoms with E-state index in [9.17, 15) is 0 Å². The van der Waals surface area contributed by atoms with E-state index in [1.807, 2.05) is 0 Å². The third kappa shape index (κ3) is 2.14. The molecule has 2 bridgehead atoms. The Morgan fingerprint density at radius 2 is 2.11 bits per heavy atom. The highest BCUT2D eigenvalue weighted by Crippen LogP contribution is 2.46. The molecule has 0 radical (unpaired) electrons. The summed E-state index contributed by atoms with van der Waals surface area (Å²) < 4.78 is 6.28. The molecule has 3 rings (SSSR count). The summed E-state index contributed by atoms with van der Waals surface area (Å²) in [6, 6.07) is 8.39. The van der Waals surface area contributed by atoms with Gasteiger partial charge in [0.25, 0.3) is 0 Å². The smallest absolute Gasteiger partial charge is 0.124 e. The topological polar surface area (TPSA) is 35.2 Å². The highest BCUT2D eigenvalue weighted by molar-refractivity contribution is 5.36. The number of hydrogen-bond acceptors (Lipinski definition) is 2. The Kier molecular flexibility index (Phi) is 3.29. The first-order valence-electron chi connectivity index (χ1n) is 7.29. The van der Waals surface area contributed by atoms with Gasteiger partial charge in [-0.05, 0) is 50.0 Å². The van der Waals surface area contributed by atoms with Crippen LogP contribution in [0.1, 0.15) is 50.6 Å². The zero-order valence-corrected chi connectivity index (χ0v) is 11.1. The maximum Gasteiger partial charge on any atom is 0.124 e. The van der Waals surface area contributed by atoms with Gasteiger partial charge in [-0.3, -0.25) is 0 Å². The van der Waals surface area contributed by atoms with E-state index in [2.05, 4.69) is 31.2 Å². The summed E-state index contributed by atoms with van der Waals surface area (Å²) in [7, 11) is 0. The Morgan fingerprint density at radius 3 is 2.78 bits per heavy atom. The van der Waals surface area contributed by atoms with Crippen molar-refractivity contribution in [2.45, 2.75) is 51.2 Å². The predicted molar refractivity (Wildman–Crippen MR) is 73.5 cm³/mol. The lowest BCUT2D eigenvalue weighted by Crippen LogP contribution is -2.24. The molecule has 2 N–H and O–H groups in total. The van der Waals surface area contributed by atoms with Gasteiger partial charge in [-0.1, -0.05) is 25.1 Å².